The average Bonchev–Trinajstić information content (AvgIpc) is 2.68. The Kier molecular flexibility index (Phi) is 6.95. The first-order chi connectivity index (χ1) is 12.7. The number of benzene rings is 2. The highest BCUT2D eigenvalue weighted by Gasteiger charge is 2.32. The van der Waals surface area contributed by atoms with Crippen LogP contribution in [0.1, 0.15) is 24.0 Å². The van der Waals surface area contributed by atoms with Crippen molar-refractivity contribution in [1.29, 1.82) is 0 Å². The molecule has 2 aromatic rings. The molecule has 0 radical (unpaired) electrons. The summed E-state index contributed by atoms with van der Waals surface area (Å²) in [4.78, 5) is 14.2. The highest BCUT2D eigenvalue weighted by Crippen LogP contribution is 2.20. The van der Waals surface area contributed by atoms with E-state index < -0.39 is 0 Å². The molecule has 26 heavy (non-hydrogen) atoms. The van der Waals surface area contributed by atoms with Gasteiger partial charge in [-0.3, -0.25) is 9.69 Å². The van der Waals surface area contributed by atoms with Crippen LogP contribution in [0.3, 0.4) is 0 Å². The van der Waals surface area contributed by atoms with Gasteiger partial charge in [0.1, 0.15) is 5.78 Å². The minimum absolute atomic E-state index is 0.0655. The van der Waals surface area contributed by atoms with Crippen LogP contribution in [0, 0.1) is 0 Å². The van der Waals surface area contributed by atoms with Gasteiger partial charge in [0.25, 0.3) is 0 Å². The Morgan fingerprint density at radius 2 is 1.62 bits per heavy atom. The summed E-state index contributed by atoms with van der Waals surface area (Å²) in [7, 11) is 2.06. The molecular weight excluding hydrogens is 326 g/mol. The number of carbonyl (C=O) groups excluding carboxylic acids is 1. The van der Waals surface area contributed by atoms with Crippen molar-refractivity contribution < 1.29 is 14.3 Å². The molecule has 0 saturated carbocycles. The van der Waals surface area contributed by atoms with E-state index in [0.29, 0.717) is 38.4 Å². The lowest BCUT2D eigenvalue weighted by Gasteiger charge is -2.37. The zero-order valence-corrected chi connectivity index (χ0v) is 15.3. The molecule has 2 aromatic carbocycles. The Labute approximate surface area is 155 Å². The number of piperidine rings is 1. The van der Waals surface area contributed by atoms with Crippen LogP contribution < -0.4 is 0 Å². The van der Waals surface area contributed by atoms with Crippen molar-refractivity contribution >= 4 is 5.78 Å². The quantitative estimate of drug-likeness (QED) is 0.729. The van der Waals surface area contributed by atoms with Crippen LogP contribution in [0.25, 0.3) is 0 Å². The van der Waals surface area contributed by atoms with E-state index in [-0.39, 0.29) is 12.1 Å². The lowest BCUT2D eigenvalue weighted by Crippen LogP contribution is -2.49. The van der Waals surface area contributed by atoms with E-state index in [1.54, 1.807) is 0 Å². The van der Waals surface area contributed by atoms with Gasteiger partial charge in [0, 0.05) is 25.4 Å². The molecule has 1 aliphatic heterocycles. The molecular formula is C22H27NO3. The number of carbonyl (C=O) groups is 1. The van der Waals surface area contributed by atoms with Crippen LogP contribution in [0.5, 0.6) is 0 Å². The second kappa shape index (κ2) is 9.62. The Balaban J connectivity index is 1.61. The lowest BCUT2D eigenvalue weighted by molar-refractivity contribution is -0.128. The molecule has 0 spiro atoms. The monoisotopic (exact) mass is 353 g/mol. The fourth-order valence-electron chi connectivity index (χ4n) is 3.29. The van der Waals surface area contributed by atoms with E-state index in [0.717, 1.165) is 17.7 Å². The Morgan fingerprint density at radius 1 is 1.00 bits per heavy atom. The van der Waals surface area contributed by atoms with Crippen LogP contribution in [-0.2, 0) is 27.5 Å². The van der Waals surface area contributed by atoms with Crippen LogP contribution in [0.15, 0.2) is 60.7 Å². The molecule has 0 bridgehead atoms. The van der Waals surface area contributed by atoms with Gasteiger partial charge in [-0.2, -0.15) is 0 Å². The predicted octanol–water partition coefficient (Wildman–Crippen LogP) is 3.45. The summed E-state index contributed by atoms with van der Waals surface area (Å²) in [5.74, 6) is 0.310. The molecule has 0 unspecified atom stereocenters. The van der Waals surface area contributed by atoms with E-state index in [4.69, 9.17) is 9.47 Å². The molecule has 1 aliphatic rings. The molecule has 138 valence electrons. The third kappa shape index (κ3) is 5.49. The van der Waals surface area contributed by atoms with Crippen LogP contribution in [-0.4, -0.2) is 43.0 Å². The average molecular weight is 353 g/mol. The first kappa shape index (κ1) is 18.8. The van der Waals surface area contributed by atoms with Gasteiger partial charge in [0.05, 0.1) is 25.9 Å². The van der Waals surface area contributed by atoms with Crippen molar-refractivity contribution in [2.24, 2.45) is 0 Å². The van der Waals surface area contributed by atoms with Crippen LogP contribution >= 0.6 is 0 Å². The number of likely N-dealkylation sites (N-methyl/N-ethyl adjacent to an activating group) is 1. The third-order valence-electron chi connectivity index (χ3n) is 4.88. The highest BCUT2D eigenvalue weighted by molar-refractivity contribution is 5.80. The summed E-state index contributed by atoms with van der Waals surface area (Å²) in [5, 5.41) is 0. The molecule has 3 rings (SSSR count). The fraction of sp³-hybridized carbons (Fsp3) is 0.409. The summed E-state index contributed by atoms with van der Waals surface area (Å²) < 4.78 is 12.1. The van der Waals surface area contributed by atoms with E-state index in [9.17, 15) is 4.79 Å². The Hall–Kier alpha value is -2.01. The minimum atomic E-state index is -0.131. The maximum Gasteiger partial charge on any atom is 0.135 e. The smallest absolute Gasteiger partial charge is 0.135 e. The standard InChI is InChI=1S/C22H27NO3/c1-23-13-12-20(24)14-21(23)22(26-16-19-10-6-3-7-11-19)17-25-15-18-8-4-2-5-9-18/h2-11,21-22H,12-17H2,1H3/t21-,22-/m1/s1. The first-order valence-electron chi connectivity index (χ1n) is 9.21. The van der Waals surface area contributed by atoms with E-state index in [1.807, 2.05) is 36.4 Å². The van der Waals surface area contributed by atoms with E-state index in [2.05, 4.69) is 36.2 Å². The number of nitrogens with zero attached hydrogens (tertiary/aromatic N) is 1. The third-order valence-corrected chi connectivity index (χ3v) is 4.88. The number of hydrogen-bond acceptors (Lipinski definition) is 4. The van der Waals surface area contributed by atoms with Gasteiger partial charge in [-0.05, 0) is 18.2 Å². The zero-order chi connectivity index (χ0) is 18.2. The Morgan fingerprint density at radius 3 is 2.27 bits per heavy atom. The van der Waals surface area contributed by atoms with Crippen LogP contribution in [0.4, 0.5) is 0 Å². The number of likely N-dealkylation sites (tertiary alicyclic amines) is 1. The topological polar surface area (TPSA) is 38.8 Å². The molecule has 0 aliphatic carbocycles. The molecule has 2 atom stereocenters. The van der Waals surface area contributed by atoms with Crippen molar-refractivity contribution in [3.8, 4) is 0 Å². The summed E-state index contributed by atoms with van der Waals surface area (Å²) in [5.41, 5.74) is 2.27. The van der Waals surface area contributed by atoms with Crippen molar-refractivity contribution in [1.82, 2.24) is 4.90 Å². The molecule has 1 saturated heterocycles. The SMILES string of the molecule is CN1CCC(=O)C[C@@H]1[C@@H](COCc1ccccc1)OCc1ccccc1. The second-order valence-corrected chi connectivity index (χ2v) is 6.88. The van der Waals surface area contributed by atoms with Crippen LogP contribution in [0.2, 0.25) is 0 Å². The van der Waals surface area contributed by atoms with Crippen molar-refractivity contribution in [3.63, 3.8) is 0 Å². The first-order valence-corrected chi connectivity index (χ1v) is 9.21. The molecule has 4 heteroatoms. The van der Waals surface area contributed by atoms with Crippen molar-refractivity contribution in [2.45, 2.75) is 38.2 Å². The maximum absolute atomic E-state index is 12.0. The second-order valence-electron chi connectivity index (χ2n) is 6.88. The maximum atomic E-state index is 12.0. The molecule has 0 aromatic heterocycles. The highest BCUT2D eigenvalue weighted by atomic mass is 16.5. The van der Waals surface area contributed by atoms with Gasteiger partial charge in [-0.15, -0.1) is 0 Å². The molecule has 1 heterocycles. The van der Waals surface area contributed by atoms with Crippen molar-refractivity contribution in [2.75, 3.05) is 20.2 Å². The van der Waals surface area contributed by atoms with E-state index >= 15 is 0 Å². The molecule has 1 fully saturated rings. The van der Waals surface area contributed by atoms with Crippen molar-refractivity contribution in [3.05, 3.63) is 71.8 Å². The van der Waals surface area contributed by atoms with Gasteiger partial charge in [0.15, 0.2) is 0 Å². The molecule has 4 nitrogen and oxygen atoms in total. The summed E-state index contributed by atoms with van der Waals surface area (Å²) in [6, 6.07) is 20.3. The number of Topliss-reactive ketones (excluding diaryl/α,β-unsaturated/α-hetero) is 1. The summed E-state index contributed by atoms with van der Waals surface area (Å²) in [6.07, 6.45) is 1.03. The van der Waals surface area contributed by atoms with E-state index in [1.165, 1.54) is 0 Å². The zero-order valence-electron chi connectivity index (χ0n) is 15.3. The van der Waals surface area contributed by atoms with Gasteiger partial charge >= 0.3 is 0 Å². The van der Waals surface area contributed by atoms with Gasteiger partial charge in [0.2, 0.25) is 0 Å². The largest absolute Gasteiger partial charge is 0.374 e. The number of ether oxygens (including phenoxy) is 2. The Bertz CT molecular complexity index is 674. The van der Waals surface area contributed by atoms with Gasteiger partial charge in [-0.25, -0.2) is 0 Å². The van der Waals surface area contributed by atoms with Gasteiger partial charge < -0.3 is 9.47 Å². The lowest BCUT2D eigenvalue weighted by atomic mass is 9.97. The minimum Gasteiger partial charge on any atom is -0.374 e. The predicted molar refractivity (Wildman–Crippen MR) is 102 cm³/mol. The van der Waals surface area contributed by atoms with Gasteiger partial charge in [-0.1, -0.05) is 60.7 Å². The normalized spacial score (nSPS) is 19.4. The summed E-state index contributed by atoms with van der Waals surface area (Å²) in [6.45, 7) is 2.34. The number of hydrogen-bond donors (Lipinski definition) is 0. The summed E-state index contributed by atoms with van der Waals surface area (Å²) >= 11 is 0. The molecule has 0 N–H and O–H groups in total. The fourth-order valence-corrected chi connectivity index (χ4v) is 3.29. The molecule has 0 amide bonds. The number of ketones is 1. The number of rotatable bonds is 8.